The lowest BCUT2D eigenvalue weighted by atomic mass is 10.2. The number of pyridine rings is 1. The molecule has 3 aromatic rings. The zero-order valence-corrected chi connectivity index (χ0v) is 21.2. The number of alkyl halides is 3. The van der Waals surface area contributed by atoms with Gasteiger partial charge in [-0.1, -0.05) is 31.4 Å². The summed E-state index contributed by atoms with van der Waals surface area (Å²) in [5.74, 6) is -2.65. The Morgan fingerprint density at radius 3 is 2.47 bits per heavy atom. The summed E-state index contributed by atoms with van der Waals surface area (Å²) in [6.07, 6.45) is -1.39. The molecule has 0 aliphatic heterocycles. The Morgan fingerprint density at radius 2 is 1.84 bits per heavy atom. The lowest BCUT2D eigenvalue weighted by molar-refractivity contribution is -0.144. The molecule has 0 aliphatic carbocycles. The van der Waals surface area contributed by atoms with Gasteiger partial charge in [-0.15, -0.1) is 0 Å². The molecule has 0 amide bonds. The van der Waals surface area contributed by atoms with Crippen LogP contribution >= 0.6 is 11.6 Å². The number of ether oxygens (including phenoxy) is 3. The van der Waals surface area contributed by atoms with E-state index in [1.54, 1.807) is 0 Å². The molecule has 3 rings (SSSR count). The van der Waals surface area contributed by atoms with E-state index in [0.29, 0.717) is 12.5 Å². The van der Waals surface area contributed by atoms with E-state index in [9.17, 15) is 31.9 Å². The van der Waals surface area contributed by atoms with Gasteiger partial charge in [0.25, 0.3) is 5.56 Å². The third-order valence-electron chi connectivity index (χ3n) is 5.33. The van der Waals surface area contributed by atoms with Crippen molar-refractivity contribution in [2.75, 3.05) is 13.7 Å². The van der Waals surface area contributed by atoms with Crippen LogP contribution in [0.4, 0.5) is 17.6 Å². The number of benzene rings is 1. The van der Waals surface area contributed by atoms with Crippen molar-refractivity contribution in [3.05, 3.63) is 73.5 Å². The Morgan fingerprint density at radius 1 is 1.13 bits per heavy atom. The fourth-order valence-corrected chi connectivity index (χ4v) is 3.61. The first kappa shape index (κ1) is 28.7. The number of carbonyl (C=O) groups excluding carboxylic acids is 1. The maximum absolute atomic E-state index is 14.9. The number of hydrogen-bond acceptors (Lipinski definition) is 7. The van der Waals surface area contributed by atoms with Crippen LogP contribution in [0.5, 0.6) is 17.2 Å². The van der Waals surface area contributed by atoms with Gasteiger partial charge in [0, 0.05) is 31.4 Å². The molecule has 0 N–H and O–H groups in total. The molecular weight excluding hydrogens is 538 g/mol. The van der Waals surface area contributed by atoms with Gasteiger partial charge in [0.15, 0.2) is 11.4 Å². The Hall–Kier alpha value is -3.87. The van der Waals surface area contributed by atoms with Gasteiger partial charge in [0.2, 0.25) is 5.75 Å². The second-order valence-electron chi connectivity index (χ2n) is 7.91. The Labute approximate surface area is 218 Å². The molecule has 0 saturated carbocycles. The van der Waals surface area contributed by atoms with Crippen molar-refractivity contribution in [2.45, 2.75) is 32.4 Å². The van der Waals surface area contributed by atoms with Crippen LogP contribution in [0.25, 0.3) is 5.69 Å². The molecule has 0 aliphatic rings. The highest BCUT2D eigenvalue weighted by Gasteiger charge is 2.35. The summed E-state index contributed by atoms with van der Waals surface area (Å²) in [6, 6.07) is 3.04. The molecule has 38 heavy (non-hydrogen) atoms. The first-order valence-corrected chi connectivity index (χ1v) is 11.6. The van der Waals surface area contributed by atoms with Crippen molar-refractivity contribution in [3.63, 3.8) is 0 Å². The zero-order chi connectivity index (χ0) is 28.2. The highest BCUT2D eigenvalue weighted by molar-refractivity contribution is 6.32. The maximum atomic E-state index is 14.9. The van der Waals surface area contributed by atoms with Gasteiger partial charge < -0.3 is 14.2 Å². The van der Waals surface area contributed by atoms with E-state index in [-0.39, 0.29) is 49.8 Å². The Kier molecular flexibility index (Phi) is 8.82. The predicted molar refractivity (Wildman–Crippen MR) is 128 cm³/mol. The van der Waals surface area contributed by atoms with Crippen molar-refractivity contribution in [3.8, 4) is 22.9 Å². The molecule has 9 nitrogen and oxygen atoms in total. The van der Waals surface area contributed by atoms with Gasteiger partial charge in [0.05, 0.1) is 24.4 Å². The largest absolute Gasteiger partial charge is 0.493 e. The van der Waals surface area contributed by atoms with Crippen molar-refractivity contribution < 1.29 is 36.6 Å². The smallest absolute Gasteiger partial charge is 0.431 e. The second kappa shape index (κ2) is 11.7. The van der Waals surface area contributed by atoms with Crippen LogP contribution in [0.15, 0.2) is 40.1 Å². The summed E-state index contributed by atoms with van der Waals surface area (Å²) in [7, 11) is 2.06. The average molecular weight is 560 g/mol. The van der Waals surface area contributed by atoms with Gasteiger partial charge in [0.1, 0.15) is 17.3 Å². The fraction of sp³-hybridized carbons (Fsp3) is 0.333. The van der Waals surface area contributed by atoms with Crippen LogP contribution in [0, 0.1) is 5.82 Å². The van der Waals surface area contributed by atoms with Crippen molar-refractivity contribution in [1.29, 1.82) is 0 Å². The molecule has 14 heteroatoms. The van der Waals surface area contributed by atoms with Crippen LogP contribution in [0.2, 0.25) is 5.02 Å². The Balaban J connectivity index is 2.11. The van der Waals surface area contributed by atoms with Gasteiger partial charge in [-0.25, -0.2) is 23.5 Å². The molecule has 0 unspecified atom stereocenters. The number of methoxy groups -OCH3 is 1. The lowest BCUT2D eigenvalue weighted by Crippen LogP contribution is -2.41. The monoisotopic (exact) mass is 559 g/mol. The van der Waals surface area contributed by atoms with Gasteiger partial charge in [-0.2, -0.15) is 13.2 Å². The molecule has 2 heterocycles. The molecule has 0 saturated heterocycles. The van der Waals surface area contributed by atoms with Crippen molar-refractivity contribution in [2.24, 2.45) is 7.05 Å². The number of hydrogen-bond donors (Lipinski definition) is 0. The number of aromatic nitrogens is 3. The second-order valence-corrected chi connectivity index (χ2v) is 8.32. The summed E-state index contributed by atoms with van der Waals surface area (Å²) in [6.45, 7) is 2.10. The molecule has 1 aromatic carbocycles. The fourth-order valence-electron chi connectivity index (χ4n) is 3.42. The van der Waals surface area contributed by atoms with Crippen LogP contribution in [0.3, 0.4) is 0 Å². The maximum Gasteiger partial charge on any atom is 0.431 e. The Bertz CT molecular complexity index is 1470. The standard InChI is InChI=1S/C24H22ClF4N3O6/c1-4-5-6-9-37-22(34)20-21(16(36-3)7-8-30-20)38-17-11-15(14(26)10-13(17)25)32-19(33)12-18(24(27,28)29)31(2)23(32)35/h7-8,10-12H,4-6,9H2,1-3H3. The van der Waals surface area contributed by atoms with Gasteiger partial charge >= 0.3 is 17.8 Å². The molecular formula is C24H22ClF4N3O6. The minimum absolute atomic E-state index is 0.0186. The van der Waals surface area contributed by atoms with Gasteiger partial charge in [-0.3, -0.25) is 9.36 Å². The first-order chi connectivity index (χ1) is 17.9. The minimum atomic E-state index is -5.00. The van der Waals surface area contributed by atoms with E-state index in [1.165, 1.54) is 19.4 Å². The number of halogens is 5. The summed E-state index contributed by atoms with van der Waals surface area (Å²) < 4.78 is 71.0. The van der Waals surface area contributed by atoms with E-state index >= 15 is 0 Å². The number of esters is 1. The third kappa shape index (κ3) is 5.98. The number of unbranched alkanes of at least 4 members (excludes halogenated alkanes) is 2. The molecule has 0 bridgehead atoms. The van der Waals surface area contributed by atoms with E-state index in [1.807, 2.05) is 6.92 Å². The molecule has 204 valence electrons. The summed E-state index contributed by atoms with van der Waals surface area (Å²) in [4.78, 5) is 41.8. The SMILES string of the molecule is CCCCCOC(=O)c1nccc(OC)c1Oc1cc(-n2c(=O)cc(C(F)(F)F)n(C)c2=O)c(F)cc1Cl. The van der Waals surface area contributed by atoms with E-state index in [4.69, 9.17) is 25.8 Å². The van der Waals surface area contributed by atoms with Crippen molar-refractivity contribution >= 4 is 17.6 Å². The lowest BCUT2D eigenvalue weighted by Gasteiger charge is -2.17. The van der Waals surface area contributed by atoms with Crippen LogP contribution < -0.4 is 20.7 Å². The quantitative estimate of drug-likeness (QED) is 0.209. The zero-order valence-electron chi connectivity index (χ0n) is 20.4. The van der Waals surface area contributed by atoms with Crippen molar-refractivity contribution in [1.82, 2.24) is 14.1 Å². The minimum Gasteiger partial charge on any atom is -0.493 e. The topological polar surface area (TPSA) is 102 Å². The van der Waals surface area contributed by atoms with Crippen LogP contribution in [0.1, 0.15) is 42.4 Å². The molecule has 0 atom stereocenters. The average Bonchev–Trinajstić information content (AvgIpc) is 2.85. The molecule has 2 aromatic heterocycles. The molecule has 0 spiro atoms. The summed E-state index contributed by atoms with van der Waals surface area (Å²) in [5.41, 5.74) is -5.47. The number of rotatable bonds is 9. The number of carbonyl (C=O) groups is 1. The highest BCUT2D eigenvalue weighted by Crippen LogP contribution is 2.38. The van der Waals surface area contributed by atoms with E-state index in [0.717, 1.165) is 26.0 Å². The predicted octanol–water partition coefficient (Wildman–Crippen LogP) is 4.89. The van der Waals surface area contributed by atoms with Gasteiger partial charge in [-0.05, 0) is 12.5 Å². The summed E-state index contributed by atoms with van der Waals surface area (Å²) in [5, 5.41) is -0.351. The number of nitrogens with zero attached hydrogens (tertiary/aromatic N) is 3. The van der Waals surface area contributed by atoms with E-state index in [2.05, 4.69) is 4.98 Å². The normalized spacial score (nSPS) is 11.4. The first-order valence-electron chi connectivity index (χ1n) is 11.2. The highest BCUT2D eigenvalue weighted by atomic mass is 35.5. The summed E-state index contributed by atoms with van der Waals surface area (Å²) >= 11 is 6.12. The molecule has 0 radical (unpaired) electrons. The van der Waals surface area contributed by atoms with Crippen LogP contribution in [-0.2, 0) is 18.0 Å². The van der Waals surface area contributed by atoms with E-state index < -0.39 is 40.6 Å². The molecule has 0 fully saturated rings. The van der Waals surface area contributed by atoms with Crippen LogP contribution in [-0.4, -0.2) is 33.8 Å². The third-order valence-corrected chi connectivity index (χ3v) is 5.62.